The number of nitrogens with one attached hydrogen (secondary N) is 1. The van der Waals surface area contributed by atoms with Crippen molar-refractivity contribution in [2.45, 2.75) is 39.3 Å². The van der Waals surface area contributed by atoms with Crippen LogP contribution in [-0.4, -0.2) is 50.5 Å². The van der Waals surface area contributed by atoms with Crippen LogP contribution in [0.1, 0.15) is 32.3 Å². The smallest absolute Gasteiger partial charge is 0.244 e. The summed E-state index contributed by atoms with van der Waals surface area (Å²) in [7, 11) is -3.76. The summed E-state index contributed by atoms with van der Waals surface area (Å²) in [6, 6.07) is 13.4. The van der Waals surface area contributed by atoms with Crippen LogP contribution in [-0.2, 0) is 26.2 Å². The van der Waals surface area contributed by atoms with Crippen LogP contribution in [0, 0.1) is 0 Å². The van der Waals surface area contributed by atoms with E-state index in [1.807, 2.05) is 31.2 Å². The molecule has 180 valence electrons. The first-order valence-electron chi connectivity index (χ1n) is 10.6. The Morgan fingerprint density at radius 2 is 1.70 bits per heavy atom. The topological polar surface area (TPSA) is 86.8 Å². The number of halogens is 2. The molecule has 0 spiro atoms. The number of hydrogen-bond donors (Lipinski definition) is 1. The molecule has 0 saturated heterocycles. The molecule has 2 aromatic rings. The number of anilines is 1. The summed E-state index contributed by atoms with van der Waals surface area (Å²) in [4.78, 5) is 27.6. The van der Waals surface area contributed by atoms with Crippen LogP contribution < -0.4 is 9.62 Å². The van der Waals surface area contributed by atoms with E-state index in [4.69, 9.17) is 0 Å². The fourth-order valence-corrected chi connectivity index (χ4v) is 4.90. The number of hydrogen-bond acceptors (Lipinski definition) is 4. The van der Waals surface area contributed by atoms with Crippen molar-refractivity contribution in [3.8, 4) is 0 Å². The third-order valence-corrected chi connectivity index (χ3v) is 7.39. The fraction of sp³-hybridized carbons (Fsp3) is 0.391. The Kier molecular flexibility index (Phi) is 10.4. The molecular weight excluding hydrogens is 574 g/mol. The minimum atomic E-state index is -3.76. The monoisotopic (exact) mass is 601 g/mol. The Balaban J connectivity index is 2.34. The minimum Gasteiger partial charge on any atom is -0.354 e. The van der Waals surface area contributed by atoms with E-state index in [0.717, 1.165) is 33.4 Å². The van der Waals surface area contributed by atoms with E-state index in [9.17, 15) is 18.0 Å². The first kappa shape index (κ1) is 27.3. The summed E-state index contributed by atoms with van der Waals surface area (Å²) in [5.41, 5.74) is 1.18. The predicted octanol–water partition coefficient (Wildman–Crippen LogP) is 4.31. The lowest BCUT2D eigenvalue weighted by Crippen LogP contribution is -2.51. The second-order valence-corrected chi connectivity index (χ2v) is 11.4. The number of sulfonamides is 1. The minimum absolute atomic E-state index is 0.169. The van der Waals surface area contributed by atoms with Crippen LogP contribution in [0.15, 0.2) is 57.5 Å². The van der Waals surface area contributed by atoms with Gasteiger partial charge >= 0.3 is 0 Å². The van der Waals surface area contributed by atoms with Gasteiger partial charge in [-0.05, 0) is 59.1 Å². The third-order valence-electron chi connectivity index (χ3n) is 5.06. The second kappa shape index (κ2) is 12.5. The highest BCUT2D eigenvalue weighted by molar-refractivity contribution is 9.10. The zero-order valence-corrected chi connectivity index (χ0v) is 22.9. The lowest BCUT2D eigenvalue weighted by Gasteiger charge is -2.31. The zero-order valence-electron chi connectivity index (χ0n) is 18.9. The Labute approximate surface area is 212 Å². The highest BCUT2D eigenvalue weighted by Crippen LogP contribution is 2.28. The van der Waals surface area contributed by atoms with Crippen molar-refractivity contribution < 1.29 is 18.0 Å². The second-order valence-electron chi connectivity index (χ2n) is 7.69. The highest BCUT2D eigenvalue weighted by Gasteiger charge is 2.30. The van der Waals surface area contributed by atoms with E-state index < -0.39 is 28.5 Å². The van der Waals surface area contributed by atoms with E-state index in [1.54, 1.807) is 31.2 Å². The Hall–Kier alpha value is -1.91. The van der Waals surface area contributed by atoms with Gasteiger partial charge in [0.15, 0.2) is 0 Å². The molecule has 1 atom stereocenters. The average Bonchev–Trinajstić information content (AvgIpc) is 2.76. The van der Waals surface area contributed by atoms with Crippen LogP contribution in [0.3, 0.4) is 0 Å². The number of carbonyl (C=O) groups is 2. The molecule has 0 fully saturated rings. The number of amides is 2. The van der Waals surface area contributed by atoms with Gasteiger partial charge in [0.2, 0.25) is 21.8 Å². The predicted molar refractivity (Wildman–Crippen MR) is 138 cm³/mol. The van der Waals surface area contributed by atoms with Gasteiger partial charge in [0.25, 0.3) is 0 Å². The summed E-state index contributed by atoms with van der Waals surface area (Å²) in [6.45, 7) is 3.95. The van der Waals surface area contributed by atoms with E-state index in [0.29, 0.717) is 16.7 Å². The van der Waals surface area contributed by atoms with E-state index in [-0.39, 0.29) is 12.5 Å². The molecule has 33 heavy (non-hydrogen) atoms. The van der Waals surface area contributed by atoms with Crippen LogP contribution in [0.5, 0.6) is 0 Å². The molecule has 0 bridgehead atoms. The molecule has 7 nitrogen and oxygen atoms in total. The molecule has 0 heterocycles. The Morgan fingerprint density at radius 1 is 1.06 bits per heavy atom. The molecule has 0 aliphatic carbocycles. The van der Waals surface area contributed by atoms with Gasteiger partial charge in [-0.15, -0.1) is 0 Å². The molecule has 2 aromatic carbocycles. The molecule has 0 saturated carbocycles. The molecule has 0 aliphatic rings. The van der Waals surface area contributed by atoms with E-state index in [2.05, 4.69) is 37.2 Å². The van der Waals surface area contributed by atoms with E-state index >= 15 is 0 Å². The molecular formula is C23H29Br2N3O4S. The maximum atomic E-state index is 13.4. The van der Waals surface area contributed by atoms with Gasteiger partial charge in [-0.3, -0.25) is 13.9 Å². The summed E-state index contributed by atoms with van der Waals surface area (Å²) in [5.74, 6) is -0.752. The molecule has 0 aliphatic heterocycles. The molecule has 0 aromatic heterocycles. The number of benzene rings is 2. The van der Waals surface area contributed by atoms with E-state index in [1.165, 1.54) is 4.90 Å². The average molecular weight is 603 g/mol. The summed E-state index contributed by atoms with van der Waals surface area (Å²) in [6.07, 6.45) is 2.83. The maximum Gasteiger partial charge on any atom is 0.244 e. The lowest BCUT2D eigenvalue weighted by atomic mass is 10.1. The van der Waals surface area contributed by atoms with Gasteiger partial charge < -0.3 is 10.2 Å². The first-order chi connectivity index (χ1) is 15.5. The fourth-order valence-electron chi connectivity index (χ4n) is 3.15. The third kappa shape index (κ3) is 8.12. The number of carbonyl (C=O) groups excluding carboxylic acids is 2. The quantitative estimate of drug-likeness (QED) is 0.388. The number of unbranched alkanes of at least 4 members (excludes halogenated alkanes) is 1. The molecule has 1 unspecified atom stereocenters. The Morgan fingerprint density at radius 3 is 2.27 bits per heavy atom. The van der Waals surface area contributed by atoms with Crippen molar-refractivity contribution in [3.63, 3.8) is 0 Å². The summed E-state index contributed by atoms with van der Waals surface area (Å²) < 4.78 is 27.6. The molecule has 2 rings (SSSR count). The largest absolute Gasteiger partial charge is 0.354 e. The lowest BCUT2D eigenvalue weighted by molar-refractivity contribution is -0.139. The molecule has 2 amide bonds. The van der Waals surface area contributed by atoms with Gasteiger partial charge in [-0.25, -0.2) is 8.42 Å². The van der Waals surface area contributed by atoms with Gasteiger partial charge in [0.05, 0.1) is 11.9 Å². The SMILES string of the molecule is CCCCNC(=O)C(C)N(Cc1ccc(Br)cc1)C(=O)CN(c1ccccc1Br)S(C)(=O)=O. The van der Waals surface area contributed by atoms with Crippen molar-refractivity contribution in [3.05, 3.63) is 63.0 Å². The zero-order chi connectivity index (χ0) is 24.6. The molecule has 1 N–H and O–H groups in total. The number of para-hydroxylation sites is 1. The van der Waals surface area contributed by atoms with Crippen LogP contribution in [0.25, 0.3) is 0 Å². The molecule has 10 heteroatoms. The van der Waals surface area contributed by atoms with Crippen molar-refractivity contribution in [2.24, 2.45) is 0 Å². The standard InChI is InChI=1S/C23H29Br2N3O4S/c1-4-5-14-26-23(30)17(2)27(15-18-10-12-19(24)13-11-18)22(29)16-28(33(3,31)32)21-9-7-6-8-20(21)25/h6-13,17H,4-5,14-16H2,1-3H3,(H,26,30). The van der Waals surface area contributed by atoms with Crippen molar-refractivity contribution in [1.82, 2.24) is 10.2 Å². The highest BCUT2D eigenvalue weighted by atomic mass is 79.9. The number of nitrogens with zero attached hydrogens (tertiary/aromatic N) is 2. The van der Waals surface area contributed by atoms with Gasteiger partial charge in [0, 0.05) is 22.0 Å². The van der Waals surface area contributed by atoms with Crippen molar-refractivity contribution >= 4 is 59.4 Å². The summed E-state index contributed by atoms with van der Waals surface area (Å²) in [5, 5.41) is 2.86. The van der Waals surface area contributed by atoms with Gasteiger partial charge in [-0.2, -0.15) is 0 Å². The van der Waals surface area contributed by atoms with Crippen molar-refractivity contribution in [2.75, 3.05) is 23.7 Å². The summed E-state index contributed by atoms with van der Waals surface area (Å²) >= 11 is 6.76. The Bertz CT molecular complexity index is 1060. The van der Waals surface area contributed by atoms with Crippen LogP contribution >= 0.6 is 31.9 Å². The normalized spacial score (nSPS) is 12.2. The van der Waals surface area contributed by atoms with Crippen molar-refractivity contribution in [1.29, 1.82) is 0 Å². The van der Waals surface area contributed by atoms with Gasteiger partial charge in [-0.1, -0.05) is 53.5 Å². The first-order valence-corrected chi connectivity index (χ1v) is 14.0. The number of rotatable bonds is 11. The van der Waals surface area contributed by atoms with Crippen LogP contribution in [0.4, 0.5) is 5.69 Å². The van der Waals surface area contributed by atoms with Crippen LogP contribution in [0.2, 0.25) is 0 Å². The molecule has 0 radical (unpaired) electrons. The van der Waals surface area contributed by atoms with Gasteiger partial charge in [0.1, 0.15) is 12.6 Å². The maximum absolute atomic E-state index is 13.4.